The van der Waals surface area contributed by atoms with Gasteiger partial charge in [0.15, 0.2) is 0 Å². The Kier molecular flexibility index (Phi) is 4.80. The number of carbonyl (C=O) groups is 1. The highest BCUT2D eigenvalue weighted by atomic mass is 79.9. The zero-order chi connectivity index (χ0) is 15.4. The van der Waals surface area contributed by atoms with Crippen LogP contribution < -0.4 is 10.5 Å². The molecule has 0 spiro atoms. The van der Waals surface area contributed by atoms with Crippen LogP contribution in [-0.2, 0) is 11.3 Å². The topological polar surface area (TPSA) is 61.5 Å². The van der Waals surface area contributed by atoms with Crippen LogP contribution in [0, 0.1) is 5.82 Å². The Morgan fingerprint density at radius 2 is 2.05 bits per heavy atom. The third kappa shape index (κ3) is 3.72. The van der Waals surface area contributed by atoms with Crippen LogP contribution in [0.3, 0.4) is 0 Å². The summed E-state index contributed by atoms with van der Waals surface area (Å²) in [5.74, 6) is -0.435. The molecule has 0 atom stereocenters. The van der Waals surface area contributed by atoms with Crippen molar-refractivity contribution >= 4 is 27.6 Å². The molecule has 0 aliphatic rings. The summed E-state index contributed by atoms with van der Waals surface area (Å²) in [7, 11) is 1.57. The number of benzene rings is 2. The van der Waals surface area contributed by atoms with Crippen LogP contribution in [0.1, 0.15) is 15.9 Å². The molecule has 0 saturated carbocycles. The summed E-state index contributed by atoms with van der Waals surface area (Å²) in [6.45, 7) is 0.0959. The van der Waals surface area contributed by atoms with Gasteiger partial charge in [-0.05, 0) is 51.8 Å². The van der Waals surface area contributed by atoms with Gasteiger partial charge in [-0.1, -0.05) is 6.07 Å². The maximum Gasteiger partial charge on any atom is 0.338 e. The molecule has 6 heteroatoms. The van der Waals surface area contributed by atoms with Crippen LogP contribution in [0.5, 0.6) is 5.75 Å². The lowest BCUT2D eigenvalue weighted by atomic mass is 10.2. The second-order valence-electron chi connectivity index (χ2n) is 4.28. The molecule has 110 valence electrons. The van der Waals surface area contributed by atoms with E-state index in [9.17, 15) is 9.18 Å². The summed E-state index contributed by atoms with van der Waals surface area (Å²) in [4.78, 5) is 11.9. The van der Waals surface area contributed by atoms with Crippen molar-refractivity contribution in [3.05, 3.63) is 57.8 Å². The molecule has 21 heavy (non-hydrogen) atoms. The van der Waals surface area contributed by atoms with E-state index < -0.39 is 11.8 Å². The molecule has 2 rings (SSSR count). The molecule has 2 aromatic carbocycles. The molecule has 4 nitrogen and oxygen atoms in total. The lowest BCUT2D eigenvalue weighted by Gasteiger charge is -2.08. The number of nitrogens with two attached hydrogens (primary N) is 1. The normalized spacial score (nSPS) is 10.2. The van der Waals surface area contributed by atoms with Crippen LogP contribution in [0.4, 0.5) is 10.1 Å². The first-order valence-corrected chi connectivity index (χ1v) is 6.85. The van der Waals surface area contributed by atoms with Gasteiger partial charge in [0, 0.05) is 0 Å². The molecule has 0 fully saturated rings. The van der Waals surface area contributed by atoms with E-state index in [0.717, 1.165) is 16.1 Å². The van der Waals surface area contributed by atoms with Crippen LogP contribution in [-0.4, -0.2) is 13.1 Å². The molecule has 0 radical (unpaired) electrons. The van der Waals surface area contributed by atoms with Gasteiger partial charge >= 0.3 is 5.97 Å². The highest BCUT2D eigenvalue weighted by Gasteiger charge is 2.10. The lowest BCUT2D eigenvalue weighted by molar-refractivity contribution is 0.0472. The van der Waals surface area contributed by atoms with Gasteiger partial charge < -0.3 is 15.2 Å². The summed E-state index contributed by atoms with van der Waals surface area (Å²) in [5, 5.41) is 0. The monoisotopic (exact) mass is 353 g/mol. The van der Waals surface area contributed by atoms with Crippen molar-refractivity contribution in [3.63, 3.8) is 0 Å². The van der Waals surface area contributed by atoms with Gasteiger partial charge in [0.25, 0.3) is 0 Å². The van der Waals surface area contributed by atoms with Crippen LogP contribution in [0.25, 0.3) is 0 Å². The number of nitrogen functional groups attached to an aromatic ring is 1. The lowest BCUT2D eigenvalue weighted by Crippen LogP contribution is -2.06. The standard InChI is InChI=1S/C15H13BrFNO3/c1-20-14-5-2-9(6-11(14)16)8-21-15(19)10-3-4-12(17)13(18)7-10/h2-7H,8,18H2,1H3. The van der Waals surface area contributed by atoms with Crippen LogP contribution >= 0.6 is 15.9 Å². The van der Waals surface area contributed by atoms with Crippen molar-refractivity contribution < 1.29 is 18.7 Å². The zero-order valence-corrected chi connectivity index (χ0v) is 12.8. The van der Waals surface area contributed by atoms with Crippen molar-refractivity contribution in [2.24, 2.45) is 0 Å². The van der Waals surface area contributed by atoms with Crippen molar-refractivity contribution in [2.45, 2.75) is 6.61 Å². The molecule has 0 aromatic heterocycles. The number of carbonyl (C=O) groups excluding carboxylic acids is 1. The molecule has 0 saturated heterocycles. The first-order chi connectivity index (χ1) is 10.0. The van der Waals surface area contributed by atoms with E-state index in [-0.39, 0.29) is 17.9 Å². The fraction of sp³-hybridized carbons (Fsp3) is 0.133. The van der Waals surface area contributed by atoms with Crippen molar-refractivity contribution in [3.8, 4) is 5.75 Å². The molecule has 0 amide bonds. The van der Waals surface area contributed by atoms with E-state index in [1.54, 1.807) is 25.3 Å². The third-order valence-electron chi connectivity index (χ3n) is 2.82. The quantitative estimate of drug-likeness (QED) is 0.674. The van der Waals surface area contributed by atoms with E-state index in [4.69, 9.17) is 15.2 Å². The Morgan fingerprint density at radius 1 is 1.29 bits per heavy atom. The predicted octanol–water partition coefficient (Wildman–Crippen LogP) is 3.54. The minimum absolute atomic E-state index is 0.0864. The first kappa shape index (κ1) is 15.3. The minimum atomic E-state index is -0.564. The molecule has 0 aliphatic heterocycles. The van der Waals surface area contributed by atoms with E-state index in [2.05, 4.69) is 15.9 Å². The summed E-state index contributed by atoms with van der Waals surface area (Å²) >= 11 is 3.35. The van der Waals surface area contributed by atoms with Gasteiger partial charge in [0.1, 0.15) is 18.2 Å². The highest BCUT2D eigenvalue weighted by molar-refractivity contribution is 9.10. The number of hydrogen-bond acceptors (Lipinski definition) is 4. The van der Waals surface area contributed by atoms with E-state index in [0.29, 0.717) is 5.75 Å². The Hall–Kier alpha value is -2.08. The van der Waals surface area contributed by atoms with E-state index in [1.165, 1.54) is 12.1 Å². The van der Waals surface area contributed by atoms with Gasteiger partial charge in [-0.25, -0.2) is 9.18 Å². The molecular weight excluding hydrogens is 341 g/mol. The summed E-state index contributed by atoms with van der Waals surface area (Å²) in [6.07, 6.45) is 0. The number of hydrogen-bond donors (Lipinski definition) is 1. The smallest absolute Gasteiger partial charge is 0.338 e. The molecule has 2 N–H and O–H groups in total. The number of ether oxygens (including phenoxy) is 2. The van der Waals surface area contributed by atoms with Crippen molar-refractivity contribution in [2.75, 3.05) is 12.8 Å². The number of methoxy groups -OCH3 is 1. The maximum absolute atomic E-state index is 13.0. The van der Waals surface area contributed by atoms with E-state index in [1.807, 2.05) is 0 Å². The Balaban J connectivity index is 2.03. The van der Waals surface area contributed by atoms with Crippen molar-refractivity contribution in [1.82, 2.24) is 0 Å². The molecule has 0 unspecified atom stereocenters. The van der Waals surface area contributed by atoms with Gasteiger partial charge in [0.05, 0.1) is 22.8 Å². The van der Waals surface area contributed by atoms with Crippen LogP contribution in [0.2, 0.25) is 0 Å². The van der Waals surface area contributed by atoms with Crippen molar-refractivity contribution in [1.29, 1.82) is 0 Å². The third-order valence-corrected chi connectivity index (χ3v) is 3.44. The second-order valence-corrected chi connectivity index (χ2v) is 5.14. The number of anilines is 1. The molecule has 0 aliphatic carbocycles. The largest absolute Gasteiger partial charge is 0.496 e. The molecule has 0 bridgehead atoms. The molecular formula is C15H13BrFNO3. The zero-order valence-electron chi connectivity index (χ0n) is 11.2. The van der Waals surface area contributed by atoms with Gasteiger partial charge in [-0.15, -0.1) is 0 Å². The summed E-state index contributed by atoms with van der Waals surface area (Å²) in [5.41, 5.74) is 6.34. The summed E-state index contributed by atoms with van der Waals surface area (Å²) < 4.78 is 24.1. The van der Waals surface area contributed by atoms with Crippen LogP contribution in [0.15, 0.2) is 40.9 Å². The highest BCUT2D eigenvalue weighted by Crippen LogP contribution is 2.26. The number of esters is 1. The molecule has 0 heterocycles. The summed E-state index contributed by atoms with van der Waals surface area (Å²) in [6, 6.07) is 9.07. The average molecular weight is 354 g/mol. The molecule has 2 aromatic rings. The average Bonchev–Trinajstić information content (AvgIpc) is 2.47. The van der Waals surface area contributed by atoms with Gasteiger partial charge in [-0.3, -0.25) is 0 Å². The Bertz CT molecular complexity index is 676. The van der Waals surface area contributed by atoms with E-state index >= 15 is 0 Å². The number of rotatable bonds is 4. The second kappa shape index (κ2) is 6.58. The number of halogens is 2. The Labute approximate surface area is 129 Å². The van der Waals surface area contributed by atoms with Gasteiger partial charge in [-0.2, -0.15) is 0 Å². The maximum atomic E-state index is 13.0. The SMILES string of the molecule is COc1ccc(COC(=O)c2ccc(F)c(N)c2)cc1Br. The fourth-order valence-corrected chi connectivity index (χ4v) is 2.29. The minimum Gasteiger partial charge on any atom is -0.496 e. The fourth-order valence-electron chi connectivity index (χ4n) is 1.70. The predicted molar refractivity (Wildman–Crippen MR) is 80.6 cm³/mol. The first-order valence-electron chi connectivity index (χ1n) is 6.06. The Morgan fingerprint density at radius 3 is 2.67 bits per heavy atom. The van der Waals surface area contributed by atoms with Gasteiger partial charge in [0.2, 0.25) is 0 Å².